The second kappa shape index (κ2) is 1.62. The maximum Gasteiger partial charge on any atom is 0.185 e. The number of rotatable bonds is 0. The van der Waals surface area contributed by atoms with Crippen molar-refractivity contribution in [1.82, 2.24) is 4.98 Å². The van der Waals surface area contributed by atoms with Crippen molar-refractivity contribution in [3.63, 3.8) is 0 Å². The summed E-state index contributed by atoms with van der Waals surface area (Å²) >= 11 is 0. The lowest BCUT2D eigenvalue weighted by Gasteiger charge is -1.77. The molecule has 0 unspecified atom stereocenters. The number of hydrogen-bond donors (Lipinski definition) is 1. The third-order valence-corrected chi connectivity index (χ3v) is 1.44. The number of aromatic nitrogens is 1. The zero-order chi connectivity index (χ0) is 7.14. The van der Waals surface area contributed by atoms with Crippen molar-refractivity contribution in [3.8, 4) is 0 Å². The number of aromatic amines is 1. The van der Waals surface area contributed by atoms with Gasteiger partial charge >= 0.3 is 0 Å². The molecule has 10 heavy (non-hydrogen) atoms. The Morgan fingerprint density at radius 3 is 3.10 bits per heavy atom. The molecule has 52 valence electrons. The summed E-state index contributed by atoms with van der Waals surface area (Å²) in [6.45, 7) is 1.86. The minimum atomic E-state index is -0.330. The summed E-state index contributed by atoms with van der Waals surface area (Å²) in [6.07, 6.45) is 1.10. The molecule has 3 heteroatoms. The smallest absolute Gasteiger partial charge is 0.185 e. The molecule has 0 saturated carbocycles. The van der Waals surface area contributed by atoms with E-state index in [9.17, 15) is 4.39 Å². The molecule has 0 spiro atoms. The van der Waals surface area contributed by atoms with Crippen molar-refractivity contribution in [2.45, 2.75) is 6.92 Å². The number of H-pyrrole nitrogens is 1. The highest BCUT2D eigenvalue weighted by Crippen LogP contribution is 2.19. The van der Waals surface area contributed by atoms with Crippen LogP contribution in [-0.4, -0.2) is 4.98 Å². The maximum atomic E-state index is 12.6. The second-order valence-electron chi connectivity index (χ2n) is 2.28. The van der Waals surface area contributed by atoms with E-state index in [4.69, 9.17) is 4.42 Å². The van der Waals surface area contributed by atoms with Crippen LogP contribution in [0.1, 0.15) is 5.69 Å². The third-order valence-electron chi connectivity index (χ3n) is 1.44. The molecule has 0 atom stereocenters. The molecule has 2 aromatic rings. The molecule has 0 aliphatic heterocycles. The van der Waals surface area contributed by atoms with Crippen molar-refractivity contribution < 1.29 is 8.81 Å². The fourth-order valence-corrected chi connectivity index (χ4v) is 1.01. The molecule has 0 saturated heterocycles. The van der Waals surface area contributed by atoms with E-state index >= 15 is 0 Å². The Morgan fingerprint density at radius 1 is 1.60 bits per heavy atom. The predicted molar refractivity (Wildman–Crippen MR) is 35.3 cm³/mol. The number of halogens is 1. The maximum absolute atomic E-state index is 12.6. The lowest BCUT2D eigenvalue weighted by atomic mass is 10.4. The van der Waals surface area contributed by atoms with Crippen molar-refractivity contribution in [2.75, 3.05) is 0 Å². The Kier molecular flexibility index (Phi) is 0.897. The topological polar surface area (TPSA) is 28.9 Å². The predicted octanol–water partition coefficient (Wildman–Crippen LogP) is 2.21. The molecule has 2 nitrogen and oxygen atoms in total. The van der Waals surface area contributed by atoms with Crippen LogP contribution in [0.5, 0.6) is 0 Å². The quantitative estimate of drug-likeness (QED) is 0.595. The van der Waals surface area contributed by atoms with E-state index in [0.717, 1.165) is 12.0 Å². The second-order valence-corrected chi connectivity index (χ2v) is 2.28. The summed E-state index contributed by atoms with van der Waals surface area (Å²) < 4.78 is 17.5. The fraction of sp³-hybridized carbons (Fsp3) is 0.143. The van der Waals surface area contributed by atoms with Crippen LogP contribution in [0.4, 0.5) is 4.39 Å². The van der Waals surface area contributed by atoms with Gasteiger partial charge in [-0.05, 0) is 6.92 Å². The number of furan rings is 1. The Hall–Kier alpha value is -1.25. The molecular weight excluding hydrogens is 133 g/mol. The molecule has 0 bridgehead atoms. The molecular formula is C7H6FNO. The summed E-state index contributed by atoms with van der Waals surface area (Å²) in [7, 11) is 0. The molecule has 0 amide bonds. The molecule has 0 fully saturated rings. The first-order valence-electron chi connectivity index (χ1n) is 2.99. The van der Waals surface area contributed by atoms with Gasteiger partial charge < -0.3 is 9.40 Å². The third kappa shape index (κ3) is 0.572. The largest absolute Gasteiger partial charge is 0.459 e. The summed E-state index contributed by atoms with van der Waals surface area (Å²) in [4.78, 5) is 2.84. The van der Waals surface area contributed by atoms with Gasteiger partial charge in [-0.3, -0.25) is 0 Å². The first kappa shape index (κ1) is 5.53. The van der Waals surface area contributed by atoms with Gasteiger partial charge in [-0.2, -0.15) is 0 Å². The van der Waals surface area contributed by atoms with Gasteiger partial charge in [-0.15, -0.1) is 0 Å². The lowest BCUT2D eigenvalue weighted by molar-refractivity contribution is 0.557. The standard InChI is InChI=1S/C7H6FNO/c1-4-2-6-7(9-4)5(8)3-10-6/h2-3,9H,1H3. The molecule has 2 aromatic heterocycles. The summed E-state index contributed by atoms with van der Waals surface area (Å²) in [5, 5.41) is 0. The number of fused-ring (bicyclic) bond motifs is 1. The van der Waals surface area contributed by atoms with E-state index in [0.29, 0.717) is 11.1 Å². The molecule has 0 aromatic carbocycles. The SMILES string of the molecule is Cc1cc2occ(F)c2[nH]1. The number of aryl methyl sites for hydroxylation is 1. The normalized spacial score (nSPS) is 11.0. The Bertz CT molecular complexity index is 360. The van der Waals surface area contributed by atoms with E-state index in [1.807, 2.05) is 6.92 Å². The van der Waals surface area contributed by atoms with Crippen LogP contribution >= 0.6 is 0 Å². The van der Waals surface area contributed by atoms with Gasteiger partial charge in [0.2, 0.25) is 0 Å². The fourth-order valence-electron chi connectivity index (χ4n) is 1.01. The molecule has 0 radical (unpaired) electrons. The minimum absolute atomic E-state index is 0.330. The highest BCUT2D eigenvalue weighted by Gasteiger charge is 2.05. The average molecular weight is 139 g/mol. The van der Waals surface area contributed by atoms with Gasteiger partial charge in [0.25, 0.3) is 0 Å². The van der Waals surface area contributed by atoms with Crippen LogP contribution in [0.15, 0.2) is 16.7 Å². The van der Waals surface area contributed by atoms with Gasteiger partial charge in [-0.1, -0.05) is 0 Å². The zero-order valence-corrected chi connectivity index (χ0v) is 5.44. The van der Waals surface area contributed by atoms with Crippen LogP contribution in [0.25, 0.3) is 11.1 Å². The summed E-state index contributed by atoms with van der Waals surface area (Å²) in [5.41, 5.74) is 1.95. The van der Waals surface area contributed by atoms with Crippen molar-refractivity contribution in [3.05, 3.63) is 23.8 Å². The van der Waals surface area contributed by atoms with E-state index < -0.39 is 0 Å². The van der Waals surface area contributed by atoms with Crippen LogP contribution in [-0.2, 0) is 0 Å². The Labute approximate surface area is 56.6 Å². The zero-order valence-electron chi connectivity index (χ0n) is 5.44. The molecule has 0 aliphatic rings. The summed E-state index contributed by atoms with van der Waals surface area (Å²) in [6, 6.07) is 1.76. The van der Waals surface area contributed by atoms with Crippen LogP contribution in [0.2, 0.25) is 0 Å². The van der Waals surface area contributed by atoms with Crippen molar-refractivity contribution in [2.24, 2.45) is 0 Å². The van der Waals surface area contributed by atoms with Gasteiger partial charge in [0.15, 0.2) is 11.4 Å². The lowest BCUT2D eigenvalue weighted by Crippen LogP contribution is -1.69. The van der Waals surface area contributed by atoms with Gasteiger partial charge in [0.05, 0.1) is 0 Å². The first-order chi connectivity index (χ1) is 4.77. The van der Waals surface area contributed by atoms with Crippen molar-refractivity contribution >= 4 is 11.1 Å². The highest BCUT2D eigenvalue weighted by atomic mass is 19.1. The van der Waals surface area contributed by atoms with E-state index in [-0.39, 0.29) is 5.82 Å². The minimum Gasteiger partial charge on any atom is -0.459 e. The molecule has 1 N–H and O–H groups in total. The first-order valence-corrected chi connectivity index (χ1v) is 2.99. The summed E-state index contributed by atoms with van der Waals surface area (Å²) in [5.74, 6) is -0.330. The Balaban J connectivity index is 2.90. The molecule has 2 rings (SSSR count). The number of nitrogens with one attached hydrogen (secondary N) is 1. The van der Waals surface area contributed by atoms with Crippen molar-refractivity contribution in [1.29, 1.82) is 0 Å². The molecule has 2 heterocycles. The van der Waals surface area contributed by atoms with E-state index in [1.54, 1.807) is 6.07 Å². The van der Waals surface area contributed by atoms with Crippen LogP contribution in [0, 0.1) is 12.7 Å². The van der Waals surface area contributed by atoms with E-state index in [2.05, 4.69) is 4.98 Å². The highest BCUT2D eigenvalue weighted by molar-refractivity contribution is 5.74. The monoisotopic (exact) mass is 139 g/mol. The Morgan fingerprint density at radius 2 is 2.40 bits per heavy atom. The van der Waals surface area contributed by atoms with Gasteiger partial charge in [0.1, 0.15) is 11.8 Å². The van der Waals surface area contributed by atoms with E-state index in [1.165, 1.54) is 0 Å². The van der Waals surface area contributed by atoms with Gasteiger partial charge in [0, 0.05) is 11.8 Å². The van der Waals surface area contributed by atoms with Crippen LogP contribution < -0.4 is 0 Å². The number of hydrogen-bond acceptors (Lipinski definition) is 1. The van der Waals surface area contributed by atoms with Gasteiger partial charge in [-0.25, -0.2) is 4.39 Å². The van der Waals surface area contributed by atoms with Crippen LogP contribution in [0.3, 0.4) is 0 Å². The average Bonchev–Trinajstić information content (AvgIpc) is 2.35. The molecule has 0 aliphatic carbocycles.